The van der Waals surface area contributed by atoms with Crippen LogP contribution in [0, 0.1) is 17.5 Å². The maximum absolute atomic E-state index is 14.7. The lowest BCUT2D eigenvalue weighted by Crippen LogP contribution is -2.23. The van der Waals surface area contributed by atoms with Crippen molar-refractivity contribution < 1.29 is 17.9 Å². The van der Waals surface area contributed by atoms with Crippen LogP contribution in [0.1, 0.15) is 43.4 Å². The molecule has 0 atom stereocenters. The van der Waals surface area contributed by atoms with E-state index in [4.69, 9.17) is 4.74 Å². The van der Waals surface area contributed by atoms with E-state index in [-0.39, 0.29) is 11.4 Å². The van der Waals surface area contributed by atoms with Gasteiger partial charge in [0.15, 0.2) is 0 Å². The predicted molar refractivity (Wildman–Crippen MR) is 109 cm³/mol. The van der Waals surface area contributed by atoms with Crippen LogP contribution in [0.4, 0.5) is 13.2 Å². The molecule has 29 heavy (non-hydrogen) atoms. The Kier molecular flexibility index (Phi) is 5.18. The van der Waals surface area contributed by atoms with Crippen LogP contribution in [0.5, 0.6) is 11.5 Å². The van der Waals surface area contributed by atoms with Gasteiger partial charge in [0.1, 0.15) is 29.0 Å². The van der Waals surface area contributed by atoms with E-state index in [1.165, 1.54) is 18.2 Å². The third-order valence-electron chi connectivity index (χ3n) is 5.09. The van der Waals surface area contributed by atoms with Crippen LogP contribution in [0.3, 0.4) is 0 Å². The van der Waals surface area contributed by atoms with Crippen LogP contribution < -0.4 is 15.2 Å². The Labute approximate surface area is 167 Å². The van der Waals surface area contributed by atoms with Gasteiger partial charge < -0.3 is 4.74 Å². The van der Waals surface area contributed by atoms with E-state index in [1.807, 2.05) is 13.8 Å². The molecule has 1 aliphatic rings. The van der Waals surface area contributed by atoms with Gasteiger partial charge in [-0.1, -0.05) is 44.5 Å². The third kappa shape index (κ3) is 3.44. The first-order valence-corrected chi connectivity index (χ1v) is 9.83. The molecule has 0 spiro atoms. The van der Waals surface area contributed by atoms with E-state index in [1.54, 1.807) is 36.4 Å². The fourth-order valence-electron chi connectivity index (χ4n) is 3.78. The molecule has 0 amide bonds. The highest BCUT2D eigenvalue weighted by Gasteiger charge is 2.24. The number of halogens is 3. The van der Waals surface area contributed by atoms with Crippen molar-refractivity contribution in [2.75, 3.05) is 0 Å². The fraction of sp³-hybridized carbons (Fsp3) is 0.200. The van der Waals surface area contributed by atoms with E-state index in [2.05, 4.69) is 0 Å². The second-order valence-electron chi connectivity index (χ2n) is 7.13. The average Bonchev–Trinajstić information content (AvgIpc) is 2.69. The van der Waals surface area contributed by atoms with Gasteiger partial charge in [0, 0.05) is 27.1 Å². The Bertz CT molecular complexity index is 1210. The second kappa shape index (κ2) is 7.78. The summed E-state index contributed by atoms with van der Waals surface area (Å²) >= 11 is 0. The lowest BCUT2D eigenvalue weighted by atomic mass is 9.90. The number of rotatable bonds is 4. The molecule has 0 aromatic heterocycles. The van der Waals surface area contributed by atoms with Gasteiger partial charge in [-0.15, -0.1) is 0 Å². The van der Waals surface area contributed by atoms with Gasteiger partial charge in [-0.3, -0.25) is 0 Å². The molecule has 0 radical (unpaired) electrons. The Hall–Kier alpha value is -3.01. The van der Waals surface area contributed by atoms with Gasteiger partial charge in [-0.25, -0.2) is 13.2 Å². The molecular weight excluding hydrogens is 373 g/mol. The van der Waals surface area contributed by atoms with Gasteiger partial charge in [-0.2, -0.15) is 0 Å². The summed E-state index contributed by atoms with van der Waals surface area (Å²) in [5.74, 6) is -0.359. The molecule has 0 aliphatic carbocycles. The molecule has 3 aromatic rings. The number of benzene rings is 3. The van der Waals surface area contributed by atoms with Crippen LogP contribution in [-0.4, -0.2) is 0 Å². The normalized spacial score (nSPS) is 13.1. The predicted octanol–water partition coefficient (Wildman–Crippen LogP) is 5.60. The lowest BCUT2D eigenvalue weighted by molar-refractivity contribution is 0.465. The topological polar surface area (TPSA) is 9.23 Å². The molecule has 1 nitrogen and oxygen atoms in total. The largest absolute Gasteiger partial charge is 0.456 e. The molecule has 148 valence electrons. The Morgan fingerprint density at radius 1 is 0.828 bits per heavy atom. The van der Waals surface area contributed by atoms with E-state index in [0.29, 0.717) is 51.5 Å². The van der Waals surface area contributed by atoms with Gasteiger partial charge in [-0.05, 0) is 48.7 Å². The molecule has 4 heteroatoms. The summed E-state index contributed by atoms with van der Waals surface area (Å²) in [7, 11) is 0. The molecule has 0 bridgehead atoms. The first-order valence-electron chi connectivity index (χ1n) is 9.83. The van der Waals surface area contributed by atoms with Gasteiger partial charge in [0.2, 0.25) is 0 Å². The fourth-order valence-corrected chi connectivity index (χ4v) is 3.78. The molecule has 1 heterocycles. The quantitative estimate of drug-likeness (QED) is 0.438. The summed E-state index contributed by atoms with van der Waals surface area (Å²) in [6.07, 6.45) is 3.80. The highest BCUT2D eigenvalue weighted by molar-refractivity contribution is 5.85. The molecule has 0 fully saturated rings. The van der Waals surface area contributed by atoms with Crippen LogP contribution in [0.2, 0.25) is 0 Å². The summed E-state index contributed by atoms with van der Waals surface area (Å²) in [5, 5.41) is 0.842. The zero-order valence-electron chi connectivity index (χ0n) is 16.4. The number of ether oxygens (including phenoxy) is 1. The minimum absolute atomic E-state index is 0.285. The molecule has 3 aromatic carbocycles. The second-order valence-corrected chi connectivity index (χ2v) is 7.13. The van der Waals surface area contributed by atoms with Crippen LogP contribution >= 0.6 is 0 Å². The summed E-state index contributed by atoms with van der Waals surface area (Å²) in [6.45, 7) is 3.90. The maximum Gasteiger partial charge on any atom is 0.136 e. The van der Waals surface area contributed by atoms with Crippen molar-refractivity contribution >= 4 is 11.6 Å². The average molecular weight is 394 g/mol. The third-order valence-corrected chi connectivity index (χ3v) is 5.09. The Balaban J connectivity index is 2.11. The molecule has 0 N–H and O–H groups in total. The summed E-state index contributed by atoms with van der Waals surface area (Å²) in [4.78, 5) is 0. The number of hydrogen-bond acceptors (Lipinski definition) is 1. The van der Waals surface area contributed by atoms with Crippen molar-refractivity contribution in [1.82, 2.24) is 0 Å². The van der Waals surface area contributed by atoms with E-state index in [9.17, 15) is 13.2 Å². The van der Waals surface area contributed by atoms with Crippen molar-refractivity contribution in [1.29, 1.82) is 0 Å². The van der Waals surface area contributed by atoms with E-state index >= 15 is 0 Å². The number of hydrogen-bond donors (Lipinski definition) is 0. The summed E-state index contributed by atoms with van der Waals surface area (Å²) in [6, 6.07) is 12.3. The standard InChI is InChI=1S/C25H21F3O/c1-3-7-15-11-23-18(13-21(15)27)25(17-9-5-6-10-20(17)26)19-14-22(28)16(8-4-2)12-24(19)29-23/h5-7,9-14H,3-4,8H2,1-2H3/b15-7-. The van der Waals surface area contributed by atoms with Crippen LogP contribution in [-0.2, 0) is 6.42 Å². The Morgan fingerprint density at radius 2 is 1.62 bits per heavy atom. The van der Waals surface area contributed by atoms with Gasteiger partial charge in [0.25, 0.3) is 0 Å². The van der Waals surface area contributed by atoms with E-state index in [0.717, 1.165) is 6.42 Å². The van der Waals surface area contributed by atoms with Gasteiger partial charge >= 0.3 is 0 Å². The Morgan fingerprint density at radius 3 is 2.34 bits per heavy atom. The highest BCUT2D eigenvalue weighted by atomic mass is 19.1. The number of fused-ring (bicyclic) bond motifs is 2. The zero-order chi connectivity index (χ0) is 20.5. The molecular formula is C25H21F3O. The minimum Gasteiger partial charge on any atom is -0.456 e. The van der Waals surface area contributed by atoms with Crippen LogP contribution in [0.25, 0.3) is 11.6 Å². The molecule has 0 saturated heterocycles. The zero-order valence-corrected chi connectivity index (χ0v) is 16.4. The minimum atomic E-state index is -0.455. The first kappa shape index (κ1) is 19.3. The highest BCUT2D eigenvalue weighted by Crippen LogP contribution is 2.38. The lowest BCUT2D eigenvalue weighted by Gasteiger charge is -2.22. The van der Waals surface area contributed by atoms with E-state index < -0.39 is 11.6 Å². The van der Waals surface area contributed by atoms with Crippen molar-refractivity contribution in [3.63, 3.8) is 0 Å². The van der Waals surface area contributed by atoms with Gasteiger partial charge in [0.05, 0.1) is 0 Å². The monoisotopic (exact) mass is 394 g/mol. The van der Waals surface area contributed by atoms with Crippen molar-refractivity contribution in [3.8, 4) is 11.5 Å². The number of aryl methyl sites for hydroxylation is 1. The van der Waals surface area contributed by atoms with Crippen molar-refractivity contribution in [3.05, 3.63) is 93.1 Å². The van der Waals surface area contributed by atoms with Crippen LogP contribution in [0.15, 0.2) is 48.5 Å². The smallest absolute Gasteiger partial charge is 0.136 e. The first-order chi connectivity index (χ1) is 14.0. The SMILES string of the molecule is CC/C=c1/cc2c(cc1F)=C(c1ccccc1F)c1cc(F)c(CCC)cc1O2. The summed E-state index contributed by atoms with van der Waals surface area (Å²) in [5.41, 5.74) is 1.69. The molecule has 1 aliphatic heterocycles. The maximum atomic E-state index is 14.7. The molecule has 4 rings (SSSR count). The molecule has 0 unspecified atom stereocenters. The summed E-state index contributed by atoms with van der Waals surface area (Å²) < 4.78 is 50.2. The molecule has 0 saturated carbocycles. The van der Waals surface area contributed by atoms with Crippen molar-refractivity contribution in [2.24, 2.45) is 0 Å². The van der Waals surface area contributed by atoms with Crippen molar-refractivity contribution in [2.45, 2.75) is 33.1 Å².